The van der Waals surface area contributed by atoms with E-state index in [9.17, 15) is 5.11 Å². The normalized spacial score (nSPS) is 16.1. The highest BCUT2D eigenvalue weighted by Crippen LogP contribution is 2.32. The first-order chi connectivity index (χ1) is 7.31. The van der Waals surface area contributed by atoms with E-state index in [0.717, 1.165) is 22.4 Å². The van der Waals surface area contributed by atoms with Crippen LogP contribution in [0.3, 0.4) is 0 Å². The van der Waals surface area contributed by atoms with Gasteiger partial charge in [-0.1, -0.05) is 18.6 Å². The lowest BCUT2D eigenvalue weighted by atomic mass is 9.86. The summed E-state index contributed by atoms with van der Waals surface area (Å²) in [5, 5.41) is 9.18. The third-order valence-electron chi connectivity index (χ3n) is 2.91. The molecule has 0 amide bonds. The van der Waals surface area contributed by atoms with Gasteiger partial charge in [-0.15, -0.1) is 0 Å². The standard InChI is InChI=1S/C12H15BrO2/c13-11-6-2-5-10(7-14)12(11)15-8-9-3-1-4-9/h2,5-6,9,14H,1,3-4,7-8H2. The van der Waals surface area contributed by atoms with Crippen LogP contribution in [0.5, 0.6) is 5.75 Å². The molecule has 0 aromatic heterocycles. The SMILES string of the molecule is OCc1cccc(Br)c1OCC1CCC1. The van der Waals surface area contributed by atoms with Crippen molar-refractivity contribution in [2.24, 2.45) is 5.92 Å². The van der Waals surface area contributed by atoms with Gasteiger partial charge in [-0.05, 0) is 40.8 Å². The average molecular weight is 271 g/mol. The van der Waals surface area contributed by atoms with Crippen molar-refractivity contribution in [3.63, 3.8) is 0 Å². The molecule has 0 aliphatic heterocycles. The molecule has 15 heavy (non-hydrogen) atoms. The summed E-state index contributed by atoms with van der Waals surface area (Å²) in [5.74, 6) is 1.51. The van der Waals surface area contributed by atoms with Crippen LogP contribution >= 0.6 is 15.9 Å². The molecule has 1 aliphatic carbocycles. The van der Waals surface area contributed by atoms with Crippen molar-refractivity contribution in [2.45, 2.75) is 25.9 Å². The predicted octanol–water partition coefficient (Wildman–Crippen LogP) is 3.12. The van der Waals surface area contributed by atoms with Crippen molar-refractivity contribution < 1.29 is 9.84 Å². The lowest BCUT2D eigenvalue weighted by Crippen LogP contribution is -2.19. The van der Waals surface area contributed by atoms with Crippen molar-refractivity contribution >= 4 is 15.9 Å². The van der Waals surface area contributed by atoms with Crippen LogP contribution < -0.4 is 4.74 Å². The molecule has 0 atom stereocenters. The highest BCUT2D eigenvalue weighted by molar-refractivity contribution is 9.10. The first-order valence-corrected chi connectivity index (χ1v) is 6.11. The largest absolute Gasteiger partial charge is 0.492 e. The number of aliphatic hydroxyl groups excluding tert-OH is 1. The van der Waals surface area contributed by atoms with Gasteiger partial charge in [0.05, 0.1) is 17.7 Å². The van der Waals surface area contributed by atoms with Crippen LogP contribution in [0.1, 0.15) is 24.8 Å². The minimum absolute atomic E-state index is 0.0272. The fourth-order valence-corrected chi connectivity index (χ4v) is 2.22. The van der Waals surface area contributed by atoms with Crippen molar-refractivity contribution in [1.82, 2.24) is 0 Å². The Hall–Kier alpha value is -0.540. The van der Waals surface area contributed by atoms with E-state index >= 15 is 0 Å². The zero-order valence-corrected chi connectivity index (χ0v) is 10.2. The second kappa shape index (κ2) is 4.99. The van der Waals surface area contributed by atoms with Crippen LogP contribution in [0.4, 0.5) is 0 Å². The zero-order chi connectivity index (χ0) is 10.7. The summed E-state index contributed by atoms with van der Waals surface area (Å²) in [5.41, 5.74) is 0.851. The maximum atomic E-state index is 9.18. The number of rotatable bonds is 4. The lowest BCUT2D eigenvalue weighted by molar-refractivity contribution is 0.175. The molecule has 0 heterocycles. The number of ether oxygens (including phenoxy) is 1. The monoisotopic (exact) mass is 270 g/mol. The van der Waals surface area contributed by atoms with Crippen molar-refractivity contribution in [3.8, 4) is 5.75 Å². The van der Waals surface area contributed by atoms with Gasteiger partial charge < -0.3 is 9.84 Å². The van der Waals surface area contributed by atoms with Crippen LogP contribution in [-0.4, -0.2) is 11.7 Å². The van der Waals surface area contributed by atoms with E-state index in [2.05, 4.69) is 15.9 Å². The number of aliphatic hydroxyl groups is 1. The van der Waals surface area contributed by atoms with Crippen molar-refractivity contribution in [3.05, 3.63) is 28.2 Å². The molecule has 0 radical (unpaired) electrons. The summed E-state index contributed by atoms with van der Waals surface area (Å²) in [6.07, 6.45) is 3.88. The zero-order valence-electron chi connectivity index (χ0n) is 8.58. The van der Waals surface area contributed by atoms with E-state index in [0.29, 0.717) is 5.92 Å². The van der Waals surface area contributed by atoms with E-state index in [4.69, 9.17) is 4.74 Å². The van der Waals surface area contributed by atoms with Crippen LogP contribution in [0.15, 0.2) is 22.7 Å². The average Bonchev–Trinajstić information content (AvgIpc) is 2.17. The minimum atomic E-state index is 0.0272. The molecule has 1 aromatic rings. The second-order valence-electron chi connectivity index (χ2n) is 3.99. The fraction of sp³-hybridized carbons (Fsp3) is 0.500. The van der Waals surface area contributed by atoms with Gasteiger partial charge in [-0.3, -0.25) is 0 Å². The summed E-state index contributed by atoms with van der Waals surface area (Å²) < 4.78 is 6.68. The van der Waals surface area contributed by atoms with E-state index in [1.807, 2.05) is 18.2 Å². The maximum Gasteiger partial charge on any atom is 0.138 e. The topological polar surface area (TPSA) is 29.5 Å². The molecule has 2 nitrogen and oxygen atoms in total. The lowest BCUT2D eigenvalue weighted by Gasteiger charge is -2.25. The van der Waals surface area contributed by atoms with Gasteiger partial charge >= 0.3 is 0 Å². The van der Waals surface area contributed by atoms with Crippen molar-refractivity contribution in [1.29, 1.82) is 0 Å². The quantitative estimate of drug-likeness (QED) is 0.911. The molecule has 1 aromatic carbocycles. The minimum Gasteiger partial charge on any atom is -0.492 e. The second-order valence-corrected chi connectivity index (χ2v) is 4.85. The summed E-state index contributed by atoms with van der Waals surface area (Å²) in [7, 11) is 0. The molecule has 1 saturated carbocycles. The summed E-state index contributed by atoms with van der Waals surface area (Å²) >= 11 is 3.44. The first kappa shape index (κ1) is 11.0. The van der Waals surface area contributed by atoms with E-state index < -0.39 is 0 Å². The van der Waals surface area contributed by atoms with Crippen LogP contribution in [0.2, 0.25) is 0 Å². The van der Waals surface area contributed by atoms with Crippen LogP contribution in [0, 0.1) is 5.92 Å². The molecule has 82 valence electrons. The maximum absolute atomic E-state index is 9.18. The Morgan fingerprint density at radius 1 is 1.40 bits per heavy atom. The molecule has 0 saturated heterocycles. The molecular formula is C12H15BrO2. The Balaban J connectivity index is 2.04. The number of para-hydroxylation sites is 1. The molecular weight excluding hydrogens is 256 g/mol. The highest BCUT2D eigenvalue weighted by atomic mass is 79.9. The molecule has 3 heteroatoms. The Kier molecular flexibility index (Phi) is 3.65. The summed E-state index contributed by atoms with van der Waals surface area (Å²) in [6.45, 7) is 0.801. The van der Waals surface area contributed by atoms with Crippen molar-refractivity contribution in [2.75, 3.05) is 6.61 Å². The third-order valence-corrected chi connectivity index (χ3v) is 3.53. The van der Waals surface area contributed by atoms with E-state index in [1.165, 1.54) is 19.3 Å². The molecule has 0 bridgehead atoms. The van der Waals surface area contributed by atoms with Gasteiger partial charge in [-0.25, -0.2) is 0 Å². The fourth-order valence-electron chi connectivity index (χ4n) is 1.70. The van der Waals surface area contributed by atoms with E-state index in [1.54, 1.807) is 0 Å². The number of benzene rings is 1. The van der Waals surface area contributed by atoms with Gasteiger partial charge in [-0.2, -0.15) is 0 Å². The van der Waals surface area contributed by atoms with Gasteiger partial charge in [0, 0.05) is 5.56 Å². The van der Waals surface area contributed by atoms with Gasteiger partial charge in [0.15, 0.2) is 0 Å². The number of halogens is 1. The summed E-state index contributed by atoms with van der Waals surface area (Å²) in [4.78, 5) is 0. The highest BCUT2D eigenvalue weighted by Gasteiger charge is 2.19. The molecule has 1 N–H and O–H groups in total. The predicted molar refractivity (Wildman–Crippen MR) is 62.9 cm³/mol. The number of hydrogen-bond acceptors (Lipinski definition) is 2. The van der Waals surface area contributed by atoms with E-state index in [-0.39, 0.29) is 6.61 Å². The van der Waals surface area contributed by atoms with Gasteiger partial charge in [0.1, 0.15) is 5.75 Å². The van der Waals surface area contributed by atoms with Crippen LogP contribution in [0.25, 0.3) is 0 Å². The Bertz CT molecular complexity index is 334. The van der Waals surface area contributed by atoms with Crippen LogP contribution in [-0.2, 0) is 6.61 Å². The summed E-state index contributed by atoms with van der Waals surface area (Å²) in [6, 6.07) is 5.74. The molecule has 0 unspecified atom stereocenters. The smallest absolute Gasteiger partial charge is 0.138 e. The Morgan fingerprint density at radius 3 is 2.80 bits per heavy atom. The van der Waals surface area contributed by atoms with Gasteiger partial charge in [0.2, 0.25) is 0 Å². The molecule has 1 aliphatic rings. The molecule has 2 rings (SSSR count). The molecule has 0 spiro atoms. The third kappa shape index (κ3) is 2.52. The Morgan fingerprint density at radius 2 is 2.20 bits per heavy atom. The molecule has 1 fully saturated rings. The Labute approximate surface area is 98.4 Å². The van der Waals surface area contributed by atoms with Gasteiger partial charge in [0.25, 0.3) is 0 Å². The first-order valence-electron chi connectivity index (χ1n) is 5.32. The number of hydrogen-bond donors (Lipinski definition) is 1.